The molecule has 3 aliphatic rings. The number of hydrogen-bond acceptors (Lipinski definition) is 4. The molecule has 1 aromatic heterocycles. The predicted octanol–water partition coefficient (Wildman–Crippen LogP) is 2.94. The summed E-state index contributed by atoms with van der Waals surface area (Å²) in [5, 5.41) is 3.05. The monoisotopic (exact) mass is 404 g/mol. The lowest BCUT2D eigenvalue weighted by molar-refractivity contribution is -0.130. The third-order valence-electron chi connectivity index (χ3n) is 6.82. The Morgan fingerprint density at radius 1 is 1.10 bits per heavy atom. The smallest absolute Gasteiger partial charge is 0.251 e. The Balaban J connectivity index is 1.39. The summed E-state index contributed by atoms with van der Waals surface area (Å²) in [5.41, 5.74) is 3.14. The summed E-state index contributed by atoms with van der Waals surface area (Å²) in [6, 6.07) is 12.5. The Morgan fingerprint density at radius 3 is 2.63 bits per heavy atom. The van der Waals surface area contributed by atoms with Gasteiger partial charge < -0.3 is 15.1 Å². The van der Waals surface area contributed by atoms with Crippen LogP contribution in [0.15, 0.2) is 42.6 Å². The van der Waals surface area contributed by atoms with Crippen molar-refractivity contribution < 1.29 is 9.59 Å². The highest BCUT2D eigenvalue weighted by molar-refractivity contribution is 5.95. The van der Waals surface area contributed by atoms with Gasteiger partial charge >= 0.3 is 0 Å². The van der Waals surface area contributed by atoms with Crippen molar-refractivity contribution in [3.63, 3.8) is 0 Å². The third-order valence-corrected chi connectivity index (χ3v) is 6.82. The molecule has 2 amide bonds. The minimum atomic E-state index is -0.0129. The molecule has 3 atom stereocenters. The van der Waals surface area contributed by atoms with E-state index in [-0.39, 0.29) is 17.9 Å². The van der Waals surface area contributed by atoms with Gasteiger partial charge in [-0.05, 0) is 43.0 Å². The molecule has 0 spiro atoms. The number of rotatable bonds is 4. The summed E-state index contributed by atoms with van der Waals surface area (Å²) in [7, 11) is 0. The lowest BCUT2D eigenvalue weighted by Gasteiger charge is -2.30. The molecule has 2 aromatic rings. The Bertz CT molecular complexity index is 987. The summed E-state index contributed by atoms with van der Waals surface area (Å²) in [6.07, 6.45) is 3.88. The number of nitrogens with zero attached hydrogens (tertiary/aromatic N) is 3. The maximum atomic E-state index is 12.4. The first-order valence-electron chi connectivity index (χ1n) is 10.9. The first-order chi connectivity index (χ1) is 14.5. The Morgan fingerprint density at radius 2 is 1.90 bits per heavy atom. The number of pyridine rings is 1. The van der Waals surface area contributed by atoms with Gasteiger partial charge in [-0.1, -0.05) is 24.3 Å². The fraction of sp³-hybridized carbons (Fsp3) is 0.458. The second-order valence-electron chi connectivity index (χ2n) is 8.95. The molecular weight excluding hydrogens is 376 g/mol. The molecule has 6 heteroatoms. The van der Waals surface area contributed by atoms with Crippen LogP contribution in [0, 0.1) is 18.8 Å². The van der Waals surface area contributed by atoms with Crippen molar-refractivity contribution in [2.24, 2.45) is 11.8 Å². The standard InChI is InChI=1S/C24H28N4O2/c1-15-5-3-4-6-20(15)23-21-14-27(12-18(21)13-28(23)16(2)29)22-11-17(9-10-25-22)24(30)26-19-7-8-19/h3-6,9-11,18-19,21,23H,7-8,12-14H2,1-2H3,(H,26,30)/t18-,21-,23+/m1/s1. The number of amides is 2. The maximum Gasteiger partial charge on any atom is 0.251 e. The number of anilines is 1. The van der Waals surface area contributed by atoms with E-state index >= 15 is 0 Å². The summed E-state index contributed by atoms with van der Waals surface area (Å²) >= 11 is 0. The zero-order chi connectivity index (χ0) is 20.8. The highest BCUT2D eigenvalue weighted by Gasteiger charge is 2.49. The number of fused-ring (bicyclic) bond motifs is 1. The molecule has 3 heterocycles. The number of hydrogen-bond donors (Lipinski definition) is 1. The maximum absolute atomic E-state index is 12.4. The van der Waals surface area contributed by atoms with E-state index in [4.69, 9.17) is 0 Å². The van der Waals surface area contributed by atoms with Gasteiger partial charge in [0.15, 0.2) is 0 Å². The van der Waals surface area contributed by atoms with Gasteiger partial charge in [-0.15, -0.1) is 0 Å². The van der Waals surface area contributed by atoms with Crippen molar-refractivity contribution in [2.75, 3.05) is 24.5 Å². The zero-order valence-corrected chi connectivity index (χ0v) is 17.5. The fourth-order valence-electron chi connectivity index (χ4n) is 5.10. The second-order valence-corrected chi connectivity index (χ2v) is 8.95. The van der Waals surface area contributed by atoms with Crippen LogP contribution in [0.2, 0.25) is 0 Å². The molecule has 3 fully saturated rings. The van der Waals surface area contributed by atoms with Crippen LogP contribution in [0.3, 0.4) is 0 Å². The second kappa shape index (κ2) is 7.42. The number of benzene rings is 1. The van der Waals surface area contributed by atoms with Crippen LogP contribution >= 0.6 is 0 Å². The topological polar surface area (TPSA) is 65.5 Å². The van der Waals surface area contributed by atoms with Crippen LogP contribution in [0.1, 0.15) is 47.3 Å². The normalized spacial score (nSPS) is 25.3. The number of aromatic nitrogens is 1. The summed E-state index contributed by atoms with van der Waals surface area (Å²) < 4.78 is 0. The van der Waals surface area contributed by atoms with Crippen LogP contribution in [0.4, 0.5) is 5.82 Å². The molecule has 0 bridgehead atoms. The Hall–Kier alpha value is -2.89. The lowest BCUT2D eigenvalue weighted by Crippen LogP contribution is -2.35. The average molecular weight is 405 g/mol. The van der Waals surface area contributed by atoms with Crippen LogP contribution in [0.25, 0.3) is 0 Å². The van der Waals surface area contributed by atoms with Crippen LogP contribution in [-0.4, -0.2) is 47.4 Å². The van der Waals surface area contributed by atoms with Crippen molar-refractivity contribution in [1.82, 2.24) is 15.2 Å². The van der Waals surface area contributed by atoms with E-state index in [0.29, 0.717) is 23.4 Å². The molecule has 1 saturated carbocycles. The molecule has 2 saturated heterocycles. The molecule has 1 aromatic carbocycles. The molecular formula is C24H28N4O2. The van der Waals surface area contributed by atoms with Gasteiger partial charge in [-0.3, -0.25) is 9.59 Å². The van der Waals surface area contributed by atoms with Gasteiger partial charge in [-0.2, -0.15) is 0 Å². The van der Waals surface area contributed by atoms with E-state index in [0.717, 1.165) is 38.3 Å². The summed E-state index contributed by atoms with van der Waals surface area (Å²) in [6.45, 7) is 6.27. The van der Waals surface area contributed by atoms with Gasteiger partial charge in [0, 0.05) is 56.2 Å². The molecule has 1 aliphatic carbocycles. The highest BCUT2D eigenvalue weighted by Crippen LogP contribution is 2.46. The SMILES string of the molecule is CC(=O)N1C[C@H]2CN(c3cc(C(=O)NC4CC4)ccn3)C[C@H]2[C@@H]1c1ccccc1C. The number of carbonyl (C=O) groups is 2. The van der Waals surface area contributed by atoms with Crippen LogP contribution in [-0.2, 0) is 4.79 Å². The van der Waals surface area contributed by atoms with E-state index in [1.54, 1.807) is 19.2 Å². The summed E-state index contributed by atoms with van der Waals surface area (Å²) in [4.78, 5) is 33.7. The number of likely N-dealkylation sites (tertiary alicyclic amines) is 1. The molecule has 156 valence electrons. The Kier molecular flexibility index (Phi) is 4.72. The molecule has 6 nitrogen and oxygen atoms in total. The molecule has 5 rings (SSSR count). The number of nitrogens with one attached hydrogen (secondary N) is 1. The Labute approximate surface area is 177 Å². The van der Waals surface area contributed by atoms with Gasteiger partial charge in [0.1, 0.15) is 5.82 Å². The van der Waals surface area contributed by atoms with Crippen LogP contribution in [0.5, 0.6) is 0 Å². The summed E-state index contributed by atoms with van der Waals surface area (Å²) in [5.74, 6) is 1.75. The molecule has 1 N–H and O–H groups in total. The fourth-order valence-corrected chi connectivity index (χ4v) is 5.10. The molecule has 0 radical (unpaired) electrons. The molecule has 2 aliphatic heterocycles. The van der Waals surface area contributed by atoms with Crippen LogP contribution < -0.4 is 10.2 Å². The number of aryl methyl sites for hydroxylation is 1. The van der Waals surface area contributed by atoms with E-state index in [1.165, 1.54) is 11.1 Å². The highest BCUT2D eigenvalue weighted by atomic mass is 16.2. The largest absolute Gasteiger partial charge is 0.356 e. The molecule has 30 heavy (non-hydrogen) atoms. The average Bonchev–Trinajstić information content (AvgIpc) is 3.33. The molecule has 0 unspecified atom stereocenters. The number of carbonyl (C=O) groups excluding carboxylic acids is 2. The zero-order valence-electron chi connectivity index (χ0n) is 17.5. The van der Waals surface area contributed by atoms with Gasteiger partial charge in [-0.25, -0.2) is 4.98 Å². The van der Waals surface area contributed by atoms with Crippen molar-refractivity contribution in [3.8, 4) is 0 Å². The quantitative estimate of drug-likeness (QED) is 0.851. The lowest BCUT2D eigenvalue weighted by atomic mass is 9.87. The predicted molar refractivity (Wildman–Crippen MR) is 115 cm³/mol. The van der Waals surface area contributed by atoms with Crippen molar-refractivity contribution >= 4 is 17.6 Å². The minimum absolute atomic E-state index is 0.0129. The first-order valence-corrected chi connectivity index (χ1v) is 10.9. The minimum Gasteiger partial charge on any atom is -0.356 e. The van der Waals surface area contributed by atoms with Gasteiger partial charge in [0.05, 0.1) is 6.04 Å². The first kappa shape index (κ1) is 19.1. The van der Waals surface area contributed by atoms with Gasteiger partial charge in [0.25, 0.3) is 5.91 Å². The van der Waals surface area contributed by atoms with Crippen molar-refractivity contribution in [2.45, 2.75) is 38.8 Å². The van der Waals surface area contributed by atoms with Crippen molar-refractivity contribution in [1.29, 1.82) is 0 Å². The van der Waals surface area contributed by atoms with Gasteiger partial charge in [0.2, 0.25) is 5.91 Å². The van der Waals surface area contributed by atoms with E-state index < -0.39 is 0 Å². The van der Waals surface area contributed by atoms with E-state index in [2.05, 4.69) is 40.3 Å². The van der Waals surface area contributed by atoms with E-state index in [9.17, 15) is 9.59 Å². The third kappa shape index (κ3) is 3.44. The van der Waals surface area contributed by atoms with E-state index in [1.807, 2.05) is 17.0 Å². The van der Waals surface area contributed by atoms with Crippen molar-refractivity contribution in [3.05, 3.63) is 59.3 Å².